The maximum absolute atomic E-state index is 4.32. The molecule has 0 unspecified atom stereocenters. The molecule has 4 rings (SSSR count). The van der Waals surface area contributed by atoms with E-state index in [1.807, 2.05) is 6.20 Å². The van der Waals surface area contributed by atoms with Gasteiger partial charge in [0, 0.05) is 31.2 Å². The van der Waals surface area contributed by atoms with Crippen molar-refractivity contribution in [2.45, 2.75) is 46.2 Å². The van der Waals surface area contributed by atoms with Crippen molar-refractivity contribution in [2.24, 2.45) is 23.2 Å². The van der Waals surface area contributed by atoms with Gasteiger partial charge in [-0.2, -0.15) is 0 Å². The van der Waals surface area contributed by atoms with Gasteiger partial charge in [-0.05, 0) is 36.0 Å². The fourth-order valence-corrected chi connectivity index (χ4v) is 4.08. The molecule has 0 aromatic carbocycles. The monoisotopic (exact) mass is 245 g/mol. The van der Waals surface area contributed by atoms with Gasteiger partial charge < -0.3 is 5.32 Å². The van der Waals surface area contributed by atoms with E-state index in [-0.39, 0.29) is 0 Å². The molecule has 0 spiro atoms. The minimum Gasteiger partial charge on any atom is -0.308 e. The van der Waals surface area contributed by atoms with Crippen LogP contribution in [0.3, 0.4) is 0 Å². The summed E-state index contributed by atoms with van der Waals surface area (Å²) in [6.45, 7) is 8.15. The molecular formula is C15H23N3. The first-order valence-electron chi connectivity index (χ1n) is 7.07. The SMILES string of the molecule is C[C@H]1[C@H](NCc2cnccn2)C[C@H]2C[C@@H]1C2(C)C. The predicted molar refractivity (Wildman–Crippen MR) is 71.8 cm³/mol. The molecule has 18 heavy (non-hydrogen) atoms. The van der Waals surface area contributed by atoms with Gasteiger partial charge in [-0.3, -0.25) is 9.97 Å². The lowest BCUT2D eigenvalue weighted by Gasteiger charge is -2.62. The summed E-state index contributed by atoms with van der Waals surface area (Å²) < 4.78 is 0. The number of hydrogen-bond donors (Lipinski definition) is 1. The molecule has 0 radical (unpaired) electrons. The third-order valence-electron chi connectivity index (χ3n) is 5.52. The van der Waals surface area contributed by atoms with Crippen molar-refractivity contribution in [2.75, 3.05) is 0 Å². The Hall–Kier alpha value is -0.960. The lowest BCUT2D eigenvalue weighted by molar-refractivity contribution is -0.115. The van der Waals surface area contributed by atoms with Crippen LogP contribution in [0.2, 0.25) is 0 Å². The highest BCUT2D eigenvalue weighted by Gasteiger charge is 2.55. The van der Waals surface area contributed by atoms with Crippen molar-refractivity contribution < 1.29 is 0 Å². The largest absolute Gasteiger partial charge is 0.308 e. The summed E-state index contributed by atoms with van der Waals surface area (Å²) in [5.41, 5.74) is 1.62. The third kappa shape index (κ3) is 1.85. The molecule has 2 bridgehead atoms. The molecule has 3 aliphatic carbocycles. The Morgan fingerprint density at radius 2 is 2.17 bits per heavy atom. The van der Waals surface area contributed by atoms with E-state index >= 15 is 0 Å². The molecular weight excluding hydrogens is 222 g/mol. The number of rotatable bonds is 3. The van der Waals surface area contributed by atoms with E-state index in [9.17, 15) is 0 Å². The van der Waals surface area contributed by atoms with E-state index < -0.39 is 0 Å². The van der Waals surface area contributed by atoms with Crippen LogP contribution in [-0.4, -0.2) is 16.0 Å². The smallest absolute Gasteiger partial charge is 0.0724 e. The Balaban J connectivity index is 1.59. The molecule has 3 heteroatoms. The lowest BCUT2D eigenvalue weighted by Crippen LogP contribution is -2.59. The zero-order valence-corrected chi connectivity index (χ0v) is 11.6. The van der Waals surface area contributed by atoms with Crippen molar-refractivity contribution in [1.29, 1.82) is 0 Å². The van der Waals surface area contributed by atoms with Gasteiger partial charge >= 0.3 is 0 Å². The second kappa shape index (κ2) is 4.30. The van der Waals surface area contributed by atoms with Crippen molar-refractivity contribution in [3.8, 4) is 0 Å². The summed E-state index contributed by atoms with van der Waals surface area (Å²) >= 11 is 0. The molecule has 1 aromatic rings. The molecule has 1 aromatic heterocycles. The molecule has 3 saturated carbocycles. The van der Waals surface area contributed by atoms with Crippen LogP contribution in [0.1, 0.15) is 39.3 Å². The number of hydrogen-bond acceptors (Lipinski definition) is 3. The molecule has 4 atom stereocenters. The van der Waals surface area contributed by atoms with Crippen LogP contribution in [0, 0.1) is 23.2 Å². The zero-order valence-electron chi connectivity index (χ0n) is 11.6. The van der Waals surface area contributed by atoms with Crippen LogP contribution in [0.15, 0.2) is 18.6 Å². The Labute approximate surface area is 109 Å². The Bertz CT molecular complexity index is 415. The summed E-state index contributed by atoms with van der Waals surface area (Å²) in [6.07, 6.45) is 8.11. The second-order valence-electron chi connectivity index (χ2n) is 6.64. The van der Waals surface area contributed by atoms with Gasteiger partial charge in [-0.1, -0.05) is 20.8 Å². The fraction of sp³-hybridized carbons (Fsp3) is 0.733. The minimum absolute atomic E-state index is 0.574. The lowest BCUT2D eigenvalue weighted by atomic mass is 9.45. The van der Waals surface area contributed by atoms with Gasteiger partial charge in [0.15, 0.2) is 0 Å². The highest BCUT2D eigenvalue weighted by molar-refractivity contribution is 5.07. The van der Waals surface area contributed by atoms with Crippen molar-refractivity contribution in [1.82, 2.24) is 15.3 Å². The van der Waals surface area contributed by atoms with Gasteiger partial charge in [0.2, 0.25) is 0 Å². The Morgan fingerprint density at radius 1 is 1.33 bits per heavy atom. The zero-order chi connectivity index (χ0) is 12.8. The average Bonchev–Trinajstić information content (AvgIpc) is 2.38. The number of nitrogens with zero attached hydrogens (tertiary/aromatic N) is 2. The van der Waals surface area contributed by atoms with Crippen LogP contribution in [0.4, 0.5) is 0 Å². The maximum atomic E-state index is 4.32. The first-order chi connectivity index (χ1) is 8.59. The van der Waals surface area contributed by atoms with E-state index in [2.05, 4.69) is 36.1 Å². The van der Waals surface area contributed by atoms with E-state index in [0.717, 1.165) is 30.0 Å². The molecule has 3 nitrogen and oxygen atoms in total. The molecule has 0 saturated heterocycles. The quantitative estimate of drug-likeness (QED) is 0.889. The molecule has 3 fully saturated rings. The standard InChI is InChI=1S/C15H23N3/c1-10-13-6-11(15(13,2)3)7-14(10)18-9-12-8-16-4-5-17-12/h4-5,8,10-11,13-14,18H,6-7,9H2,1-3H3/t10-,11-,13+,14-/m1/s1. The second-order valence-corrected chi connectivity index (χ2v) is 6.64. The first kappa shape index (κ1) is 12.1. The van der Waals surface area contributed by atoms with E-state index in [1.54, 1.807) is 12.4 Å². The molecule has 1 N–H and O–H groups in total. The van der Waals surface area contributed by atoms with E-state index in [4.69, 9.17) is 0 Å². The van der Waals surface area contributed by atoms with Crippen LogP contribution >= 0.6 is 0 Å². The summed E-state index contributed by atoms with van der Waals surface area (Å²) in [5.74, 6) is 2.59. The van der Waals surface area contributed by atoms with Gasteiger partial charge in [0.1, 0.15) is 0 Å². The van der Waals surface area contributed by atoms with Gasteiger partial charge in [-0.15, -0.1) is 0 Å². The third-order valence-corrected chi connectivity index (χ3v) is 5.52. The average molecular weight is 245 g/mol. The van der Waals surface area contributed by atoms with E-state index in [0.29, 0.717) is 11.5 Å². The molecule has 98 valence electrons. The van der Waals surface area contributed by atoms with E-state index in [1.165, 1.54) is 12.8 Å². The highest BCUT2D eigenvalue weighted by atomic mass is 15.0. The fourth-order valence-electron chi connectivity index (χ4n) is 4.08. The maximum Gasteiger partial charge on any atom is 0.0724 e. The van der Waals surface area contributed by atoms with Gasteiger partial charge in [0.05, 0.1) is 5.69 Å². The topological polar surface area (TPSA) is 37.8 Å². The molecule has 0 amide bonds. The van der Waals surface area contributed by atoms with Crippen LogP contribution in [-0.2, 0) is 6.54 Å². The summed E-state index contributed by atoms with van der Waals surface area (Å²) in [7, 11) is 0. The highest BCUT2D eigenvalue weighted by Crippen LogP contribution is 2.61. The summed E-state index contributed by atoms with van der Waals surface area (Å²) in [4.78, 5) is 8.43. The molecule has 0 aliphatic heterocycles. The normalized spacial score (nSPS) is 37.1. The first-order valence-corrected chi connectivity index (χ1v) is 7.07. The van der Waals surface area contributed by atoms with Crippen LogP contribution < -0.4 is 5.32 Å². The molecule has 1 heterocycles. The van der Waals surface area contributed by atoms with Gasteiger partial charge in [0.25, 0.3) is 0 Å². The van der Waals surface area contributed by atoms with Crippen LogP contribution in [0.5, 0.6) is 0 Å². The summed E-state index contributed by atoms with van der Waals surface area (Å²) in [6, 6.07) is 0.656. The number of aromatic nitrogens is 2. The predicted octanol–water partition coefficient (Wildman–Crippen LogP) is 2.64. The van der Waals surface area contributed by atoms with Crippen molar-refractivity contribution in [3.63, 3.8) is 0 Å². The van der Waals surface area contributed by atoms with Crippen molar-refractivity contribution in [3.05, 3.63) is 24.3 Å². The van der Waals surface area contributed by atoms with Crippen LogP contribution in [0.25, 0.3) is 0 Å². The van der Waals surface area contributed by atoms with Gasteiger partial charge in [-0.25, -0.2) is 0 Å². The van der Waals surface area contributed by atoms with Crippen molar-refractivity contribution >= 4 is 0 Å². The number of nitrogens with one attached hydrogen (secondary N) is 1. The minimum atomic E-state index is 0.574. The number of fused-ring (bicyclic) bond motifs is 2. The Morgan fingerprint density at radius 3 is 2.78 bits per heavy atom. The summed E-state index contributed by atoms with van der Waals surface area (Å²) in [5, 5.41) is 3.68. The Kier molecular flexibility index (Phi) is 2.89. The molecule has 3 aliphatic rings.